The molecule has 30 heavy (non-hydrogen) atoms. The zero-order valence-electron chi connectivity index (χ0n) is 16.5. The highest BCUT2D eigenvalue weighted by Crippen LogP contribution is 2.29. The minimum atomic E-state index is -0.475. The standard InChI is InChI=1S/C24H22N2O4/c1-29-21-13-7-5-11-19(21)15-16-23(27)25-26-24(28)17-30-22-14-8-6-12-20(22)18-9-3-2-4-10-18/h2-16H,17H2,1H3,(H,25,27)(H,26,28)/b16-15+. The van der Waals surface area contributed by atoms with E-state index >= 15 is 0 Å². The molecule has 0 aliphatic rings. The molecule has 0 saturated heterocycles. The van der Waals surface area contributed by atoms with Crippen LogP contribution in [0.5, 0.6) is 11.5 Å². The minimum Gasteiger partial charge on any atom is -0.496 e. The second-order valence-corrected chi connectivity index (χ2v) is 6.26. The first-order chi connectivity index (χ1) is 14.7. The first-order valence-corrected chi connectivity index (χ1v) is 9.34. The summed E-state index contributed by atoms with van der Waals surface area (Å²) in [7, 11) is 1.56. The molecule has 0 spiro atoms. The molecule has 0 unspecified atom stereocenters. The van der Waals surface area contributed by atoms with E-state index in [1.807, 2.05) is 66.7 Å². The van der Waals surface area contributed by atoms with Crippen molar-refractivity contribution >= 4 is 17.9 Å². The number of methoxy groups -OCH3 is 1. The minimum absolute atomic E-state index is 0.236. The van der Waals surface area contributed by atoms with E-state index in [1.165, 1.54) is 6.08 Å². The molecule has 0 aliphatic heterocycles. The number of ether oxygens (including phenoxy) is 2. The predicted molar refractivity (Wildman–Crippen MR) is 116 cm³/mol. The van der Waals surface area contributed by atoms with Crippen LogP contribution in [0.15, 0.2) is 84.9 Å². The molecule has 0 fully saturated rings. The van der Waals surface area contributed by atoms with Crippen LogP contribution in [0, 0.1) is 0 Å². The second-order valence-electron chi connectivity index (χ2n) is 6.26. The van der Waals surface area contributed by atoms with Crippen LogP contribution >= 0.6 is 0 Å². The summed E-state index contributed by atoms with van der Waals surface area (Å²) >= 11 is 0. The Morgan fingerprint density at radius 2 is 1.50 bits per heavy atom. The Labute approximate surface area is 175 Å². The maximum absolute atomic E-state index is 12.0. The number of rotatable bonds is 7. The van der Waals surface area contributed by atoms with Gasteiger partial charge >= 0.3 is 0 Å². The van der Waals surface area contributed by atoms with Gasteiger partial charge in [-0.25, -0.2) is 0 Å². The molecule has 6 heteroatoms. The van der Waals surface area contributed by atoms with Crippen LogP contribution < -0.4 is 20.3 Å². The normalized spacial score (nSPS) is 10.4. The van der Waals surface area contributed by atoms with Gasteiger partial charge in [0.1, 0.15) is 11.5 Å². The van der Waals surface area contributed by atoms with Gasteiger partial charge < -0.3 is 9.47 Å². The Kier molecular flexibility index (Phi) is 7.22. The van der Waals surface area contributed by atoms with Crippen LogP contribution in [-0.4, -0.2) is 25.5 Å². The van der Waals surface area contributed by atoms with Gasteiger partial charge in [-0.05, 0) is 23.8 Å². The lowest BCUT2D eigenvalue weighted by Crippen LogP contribution is -2.43. The van der Waals surface area contributed by atoms with Crippen LogP contribution in [0.3, 0.4) is 0 Å². The van der Waals surface area contributed by atoms with E-state index in [0.29, 0.717) is 11.5 Å². The number of carbonyl (C=O) groups excluding carboxylic acids is 2. The average molecular weight is 402 g/mol. The van der Waals surface area contributed by atoms with Gasteiger partial charge in [0.15, 0.2) is 6.61 Å². The van der Waals surface area contributed by atoms with Gasteiger partial charge in [0.25, 0.3) is 11.8 Å². The zero-order valence-corrected chi connectivity index (χ0v) is 16.5. The molecule has 0 bridgehead atoms. The Morgan fingerprint density at radius 1 is 0.833 bits per heavy atom. The zero-order chi connectivity index (χ0) is 21.2. The van der Waals surface area contributed by atoms with Crippen molar-refractivity contribution in [3.8, 4) is 22.6 Å². The van der Waals surface area contributed by atoms with E-state index in [9.17, 15) is 9.59 Å². The van der Waals surface area contributed by atoms with Gasteiger partial charge in [0.2, 0.25) is 0 Å². The molecule has 2 amide bonds. The lowest BCUT2D eigenvalue weighted by atomic mass is 10.1. The first-order valence-electron chi connectivity index (χ1n) is 9.34. The summed E-state index contributed by atoms with van der Waals surface area (Å²) in [6.45, 7) is -0.236. The molecule has 3 aromatic carbocycles. The number of hydrogen-bond donors (Lipinski definition) is 2. The van der Waals surface area contributed by atoms with E-state index < -0.39 is 11.8 Å². The summed E-state index contributed by atoms with van der Waals surface area (Å²) < 4.78 is 10.9. The SMILES string of the molecule is COc1ccccc1/C=C/C(=O)NNC(=O)COc1ccccc1-c1ccccc1. The highest BCUT2D eigenvalue weighted by molar-refractivity contribution is 5.93. The largest absolute Gasteiger partial charge is 0.496 e. The molecule has 0 aromatic heterocycles. The third-order valence-electron chi connectivity index (χ3n) is 4.21. The Bertz CT molecular complexity index is 1030. The molecule has 0 aliphatic carbocycles. The summed E-state index contributed by atoms with van der Waals surface area (Å²) in [6.07, 6.45) is 2.91. The quantitative estimate of drug-likeness (QED) is 0.468. The Hall–Kier alpha value is -4.06. The summed E-state index contributed by atoms with van der Waals surface area (Å²) in [5, 5.41) is 0. The maximum Gasteiger partial charge on any atom is 0.276 e. The molecule has 3 aromatic rings. The molecule has 3 rings (SSSR count). The average Bonchev–Trinajstić information content (AvgIpc) is 2.81. The fraction of sp³-hybridized carbons (Fsp3) is 0.0833. The highest BCUT2D eigenvalue weighted by Gasteiger charge is 2.08. The maximum atomic E-state index is 12.0. The lowest BCUT2D eigenvalue weighted by Gasteiger charge is -2.12. The molecule has 0 radical (unpaired) electrons. The fourth-order valence-electron chi connectivity index (χ4n) is 2.77. The van der Waals surface area contributed by atoms with Crippen molar-refractivity contribution in [1.29, 1.82) is 0 Å². The molecule has 0 heterocycles. The van der Waals surface area contributed by atoms with Gasteiger partial charge in [-0.15, -0.1) is 0 Å². The van der Waals surface area contributed by atoms with E-state index in [4.69, 9.17) is 9.47 Å². The van der Waals surface area contributed by atoms with Crippen LogP contribution in [0.1, 0.15) is 5.56 Å². The van der Waals surface area contributed by atoms with Crippen LogP contribution in [0.4, 0.5) is 0 Å². The predicted octanol–water partition coefficient (Wildman–Crippen LogP) is 3.60. The fourth-order valence-corrected chi connectivity index (χ4v) is 2.77. The molecular formula is C24H22N2O4. The monoisotopic (exact) mass is 402 g/mol. The Morgan fingerprint density at radius 3 is 2.27 bits per heavy atom. The van der Waals surface area contributed by atoms with Gasteiger partial charge in [0.05, 0.1) is 7.11 Å². The lowest BCUT2D eigenvalue weighted by molar-refractivity contribution is -0.128. The number of hydrogen-bond acceptors (Lipinski definition) is 4. The van der Waals surface area contributed by atoms with E-state index in [-0.39, 0.29) is 6.61 Å². The number of nitrogens with one attached hydrogen (secondary N) is 2. The van der Waals surface area contributed by atoms with E-state index in [1.54, 1.807) is 25.3 Å². The van der Waals surface area contributed by atoms with Crippen molar-refractivity contribution in [2.45, 2.75) is 0 Å². The molecular weight excluding hydrogens is 380 g/mol. The number of amides is 2. The van der Waals surface area contributed by atoms with Gasteiger partial charge in [-0.2, -0.15) is 0 Å². The Balaban J connectivity index is 1.51. The number of para-hydroxylation sites is 2. The smallest absolute Gasteiger partial charge is 0.276 e. The highest BCUT2D eigenvalue weighted by atomic mass is 16.5. The first kappa shape index (κ1) is 20.7. The van der Waals surface area contributed by atoms with Crippen molar-refractivity contribution in [1.82, 2.24) is 10.9 Å². The van der Waals surface area contributed by atoms with Crippen LogP contribution in [0.2, 0.25) is 0 Å². The summed E-state index contributed by atoms with van der Waals surface area (Å²) in [4.78, 5) is 24.0. The van der Waals surface area contributed by atoms with Gasteiger partial charge in [-0.3, -0.25) is 20.4 Å². The molecule has 0 saturated carbocycles. The van der Waals surface area contributed by atoms with Gasteiger partial charge in [-0.1, -0.05) is 66.7 Å². The molecule has 152 valence electrons. The van der Waals surface area contributed by atoms with E-state index in [0.717, 1.165) is 16.7 Å². The number of benzene rings is 3. The molecule has 0 atom stereocenters. The number of carbonyl (C=O) groups is 2. The summed E-state index contributed by atoms with van der Waals surface area (Å²) in [5.41, 5.74) is 7.28. The van der Waals surface area contributed by atoms with Crippen LogP contribution in [0.25, 0.3) is 17.2 Å². The van der Waals surface area contributed by atoms with Crippen molar-refractivity contribution in [2.75, 3.05) is 13.7 Å². The van der Waals surface area contributed by atoms with Crippen LogP contribution in [-0.2, 0) is 9.59 Å². The van der Waals surface area contributed by atoms with Crippen molar-refractivity contribution in [2.24, 2.45) is 0 Å². The third kappa shape index (κ3) is 5.72. The molecule has 6 nitrogen and oxygen atoms in total. The van der Waals surface area contributed by atoms with E-state index in [2.05, 4.69) is 10.9 Å². The van der Waals surface area contributed by atoms with Crippen molar-refractivity contribution in [3.05, 3.63) is 90.5 Å². The van der Waals surface area contributed by atoms with Crippen molar-refractivity contribution in [3.63, 3.8) is 0 Å². The topological polar surface area (TPSA) is 76.7 Å². The van der Waals surface area contributed by atoms with Crippen molar-refractivity contribution < 1.29 is 19.1 Å². The number of hydrazine groups is 1. The summed E-state index contributed by atoms with van der Waals surface area (Å²) in [6, 6.07) is 24.5. The van der Waals surface area contributed by atoms with Gasteiger partial charge in [0, 0.05) is 17.2 Å². The third-order valence-corrected chi connectivity index (χ3v) is 4.21. The summed E-state index contributed by atoms with van der Waals surface area (Å²) in [5.74, 6) is 0.285. The molecule has 2 N–H and O–H groups in total. The second kappa shape index (κ2) is 10.5.